The lowest BCUT2D eigenvalue weighted by Crippen LogP contribution is -2.02. The molecule has 0 spiro atoms. The van der Waals surface area contributed by atoms with Crippen LogP contribution in [-0.4, -0.2) is 15.0 Å². The molecule has 2 aromatic heterocycles. The third-order valence-electron chi connectivity index (χ3n) is 11.5. The molecule has 0 amide bonds. The summed E-state index contributed by atoms with van der Waals surface area (Å²) in [5.41, 5.74) is 12.9. The summed E-state index contributed by atoms with van der Waals surface area (Å²) < 4.78 is 6.58. The van der Waals surface area contributed by atoms with Gasteiger partial charge < -0.3 is 4.42 Å². The van der Waals surface area contributed by atoms with Crippen LogP contribution in [0.3, 0.4) is 0 Å². The monoisotopic (exact) mass is 731 g/mol. The molecular formula is C53H37N3O. The molecule has 2 heterocycles. The van der Waals surface area contributed by atoms with Gasteiger partial charge >= 0.3 is 0 Å². The van der Waals surface area contributed by atoms with Crippen LogP contribution in [0, 0.1) is 0 Å². The van der Waals surface area contributed by atoms with Crippen LogP contribution in [0.2, 0.25) is 0 Å². The highest BCUT2D eigenvalue weighted by Crippen LogP contribution is 2.41. The Morgan fingerprint density at radius 3 is 2.12 bits per heavy atom. The number of rotatable bonds is 6. The Bertz CT molecular complexity index is 3100. The second kappa shape index (κ2) is 13.8. The van der Waals surface area contributed by atoms with E-state index in [1.54, 1.807) is 0 Å². The van der Waals surface area contributed by atoms with E-state index in [9.17, 15) is 0 Å². The molecule has 0 fully saturated rings. The third kappa shape index (κ3) is 6.16. The summed E-state index contributed by atoms with van der Waals surface area (Å²) in [6, 6.07) is 53.7. The van der Waals surface area contributed by atoms with Crippen molar-refractivity contribution in [2.45, 2.75) is 25.2 Å². The van der Waals surface area contributed by atoms with Crippen LogP contribution < -0.4 is 0 Å². The topological polar surface area (TPSA) is 51.8 Å². The van der Waals surface area contributed by atoms with Gasteiger partial charge in [-0.3, -0.25) is 0 Å². The second-order valence-corrected chi connectivity index (χ2v) is 15.1. The van der Waals surface area contributed by atoms with Crippen molar-refractivity contribution in [3.05, 3.63) is 198 Å². The van der Waals surface area contributed by atoms with Crippen molar-refractivity contribution >= 4 is 44.4 Å². The predicted octanol–water partition coefficient (Wildman–Crippen LogP) is 13.7. The molecule has 4 nitrogen and oxygen atoms in total. The van der Waals surface area contributed by atoms with Crippen molar-refractivity contribution in [1.29, 1.82) is 0 Å². The Morgan fingerprint density at radius 2 is 1.26 bits per heavy atom. The number of allylic oxidation sites excluding steroid dienone is 5. The van der Waals surface area contributed by atoms with Gasteiger partial charge in [-0.1, -0.05) is 152 Å². The van der Waals surface area contributed by atoms with Crippen LogP contribution in [0.4, 0.5) is 0 Å². The summed E-state index contributed by atoms with van der Waals surface area (Å²) in [6.07, 6.45) is 14.3. The summed E-state index contributed by atoms with van der Waals surface area (Å²) in [5.74, 6) is 2.25. The van der Waals surface area contributed by atoms with Gasteiger partial charge in [-0.2, -0.15) is 0 Å². The molecule has 1 atom stereocenters. The molecule has 2 aliphatic rings. The van der Waals surface area contributed by atoms with Gasteiger partial charge in [0.05, 0.1) is 0 Å². The van der Waals surface area contributed by atoms with Crippen molar-refractivity contribution in [3.63, 3.8) is 0 Å². The Morgan fingerprint density at radius 1 is 0.526 bits per heavy atom. The van der Waals surface area contributed by atoms with Crippen molar-refractivity contribution in [1.82, 2.24) is 15.0 Å². The highest BCUT2D eigenvalue weighted by molar-refractivity contribution is 6.13. The lowest BCUT2D eigenvalue weighted by molar-refractivity contribution is 0.669. The largest absolute Gasteiger partial charge is 0.456 e. The Hall–Kier alpha value is -7.17. The van der Waals surface area contributed by atoms with E-state index in [2.05, 4.69) is 170 Å². The van der Waals surface area contributed by atoms with E-state index in [1.165, 1.54) is 33.0 Å². The van der Waals surface area contributed by atoms with Crippen LogP contribution in [0.5, 0.6) is 0 Å². The minimum atomic E-state index is 0.345. The Balaban J connectivity index is 1.07. The number of aryl methyl sites for hydroxylation is 1. The van der Waals surface area contributed by atoms with Gasteiger partial charge in [-0.15, -0.1) is 0 Å². The zero-order valence-electron chi connectivity index (χ0n) is 31.3. The fraction of sp³-hybridized carbons (Fsp3) is 0.0755. The molecule has 2 aliphatic carbocycles. The quantitative estimate of drug-likeness (QED) is 0.171. The Labute approximate surface area is 331 Å². The zero-order chi connectivity index (χ0) is 37.7. The maximum Gasteiger partial charge on any atom is 0.164 e. The second-order valence-electron chi connectivity index (χ2n) is 15.1. The van der Waals surface area contributed by atoms with Gasteiger partial charge in [0, 0.05) is 33.4 Å². The first-order chi connectivity index (χ1) is 28.2. The average Bonchev–Trinajstić information content (AvgIpc) is 3.67. The highest BCUT2D eigenvalue weighted by atomic mass is 16.3. The SMILES string of the molecule is C1=Cc2ccc(-c3nc(-c4ccc(-c5ccc6ccccc6c5)cc4)nc(-c4cc(C5=CCC(c6ccccc6)C=C5)cc5oc6ccccc6c45)n3)cc2CC1. The number of aromatic nitrogens is 3. The molecular weight excluding hydrogens is 695 g/mol. The van der Waals surface area contributed by atoms with E-state index in [-0.39, 0.29) is 0 Å². The van der Waals surface area contributed by atoms with Crippen LogP contribution in [-0.2, 0) is 6.42 Å². The third-order valence-corrected chi connectivity index (χ3v) is 11.5. The minimum Gasteiger partial charge on any atom is -0.456 e. The number of nitrogens with zero attached hydrogens (tertiary/aromatic N) is 3. The number of hydrogen-bond donors (Lipinski definition) is 0. The van der Waals surface area contributed by atoms with Gasteiger partial charge in [0.2, 0.25) is 0 Å². The minimum absolute atomic E-state index is 0.345. The molecule has 57 heavy (non-hydrogen) atoms. The summed E-state index contributed by atoms with van der Waals surface area (Å²) in [4.78, 5) is 15.8. The summed E-state index contributed by atoms with van der Waals surface area (Å²) in [5, 5.41) is 4.50. The van der Waals surface area contributed by atoms with Gasteiger partial charge in [-0.25, -0.2) is 15.0 Å². The summed E-state index contributed by atoms with van der Waals surface area (Å²) >= 11 is 0. The zero-order valence-corrected chi connectivity index (χ0v) is 31.3. The number of furan rings is 1. The molecule has 0 aliphatic heterocycles. The van der Waals surface area contributed by atoms with Gasteiger partial charge in [0.25, 0.3) is 0 Å². The lowest BCUT2D eigenvalue weighted by Gasteiger charge is -2.17. The highest BCUT2D eigenvalue weighted by Gasteiger charge is 2.21. The number of fused-ring (bicyclic) bond motifs is 5. The lowest BCUT2D eigenvalue weighted by atomic mass is 9.87. The van der Waals surface area contributed by atoms with Gasteiger partial charge in [-0.05, 0) is 99.3 Å². The molecule has 1 unspecified atom stereocenters. The van der Waals surface area contributed by atoms with E-state index < -0.39 is 0 Å². The van der Waals surface area contributed by atoms with Crippen molar-refractivity contribution in [2.24, 2.45) is 0 Å². The molecule has 270 valence electrons. The number of benzene rings is 7. The standard InChI is InChI=1S/C53H37N3O/c1-2-10-34(11-3-1)37-18-20-39(21-19-37)45-32-47(50-46-16-8-9-17-48(46)57-49(50)33-45)53-55-51(54-52(56-53)44-29-25-36-13-5-7-15-42(36)31-44)40-26-22-38(23-27-40)43-28-24-35-12-4-6-14-41(35)30-43/h1-6,8-14,16-18,20-33,37H,7,15,19H2. The maximum atomic E-state index is 6.58. The van der Waals surface area contributed by atoms with Crippen LogP contribution in [0.1, 0.15) is 41.0 Å². The average molecular weight is 732 g/mol. The molecule has 0 bridgehead atoms. The fourth-order valence-corrected chi connectivity index (χ4v) is 8.49. The summed E-state index contributed by atoms with van der Waals surface area (Å²) in [6.45, 7) is 0. The number of hydrogen-bond acceptors (Lipinski definition) is 4. The fourth-order valence-electron chi connectivity index (χ4n) is 8.49. The Kier molecular flexibility index (Phi) is 8.06. The molecule has 11 rings (SSSR count). The smallest absolute Gasteiger partial charge is 0.164 e. The van der Waals surface area contributed by atoms with Crippen LogP contribution in [0.15, 0.2) is 180 Å². The van der Waals surface area contributed by atoms with E-state index in [1.807, 2.05) is 12.1 Å². The van der Waals surface area contributed by atoms with Crippen molar-refractivity contribution < 1.29 is 4.42 Å². The number of para-hydroxylation sites is 1. The maximum absolute atomic E-state index is 6.58. The van der Waals surface area contributed by atoms with E-state index in [4.69, 9.17) is 19.4 Å². The van der Waals surface area contributed by atoms with Gasteiger partial charge in [0.15, 0.2) is 17.5 Å². The molecule has 0 saturated carbocycles. The van der Waals surface area contributed by atoms with Crippen molar-refractivity contribution in [3.8, 4) is 45.3 Å². The first-order valence-corrected chi connectivity index (χ1v) is 19.8. The summed E-state index contributed by atoms with van der Waals surface area (Å²) in [7, 11) is 0. The molecule has 0 radical (unpaired) electrons. The first-order valence-electron chi connectivity index (χ1n) is 19.8. The van der Waals surface area contributed by atoms with Gasteiger partial charge in [0.1, 0.15) is 11.2 Å². The van der Waals surface area contributed by atoms with Crippen LogP contribution in [0.25, 0.3) is 89.7 Å². The normalized spacial score (nSPS) is 14.9. The molecule has 7 aromatic carbocycles. The first kappa shape index (κ1) is 33.2. The predicted molar refractivity (Wildman–Crippen MR) is 235 cm³/mol. The van der Waals surface area contributed by atoms with Crippen molar-refractivity contribution in [2.75, 3.05) is 0 Å². The van der Waals surface area contributed by atoms with E-state index in [0.717, 1.165) is 74.6 Å². The molecule has 0 N–H and O–H groups in total. The molecule has 9 aromatic rings. The molecule has 0 saturated heterocycles. The molecule has 4 heteroatoms. The van der Waals surface area contributed by atoms with E-state index >= 15 is 0 Å². The van der Waals surface area contributed by atoms with Crippen LogP contribution >= 0.6 is 0 Å². The van der Waals surface area contributed by atoms with E-state index in [0.29, 0.717) is 23.4 Å².